The van der Waals surface area contributed by atoms with Crippen LogP contribution in [-0.2, 0) is 30.4 Å². The first kappa shape index (κ1) is 52.3. The minimum Gasteiger partial charge on any atom is -0.507 e. The molecule has 0 saturated heterocycles. The van der Waals surface area contributed by atoms with Crippen LogP contribution >= 0.6 is 0 Å². The van der Waals surface area contributed by atoms with E-state index in [0.717, 1.165) is 74.0 Å². The summed E-state index contributed by atoms with van der Waals surface area (Å²) in [7, 11) is 3.53. The number of aromatic hydroxyl groups is 2. The number of aromatic amines is 1. The van der Waals surface area contributed by atoms with Crippen molar-refractivity contribution < 1.29 is 44.5 Å². The second-order valence-electron chi connectivity index (χ2n) is 22.5. The Morgan fingerprint density at radius 3 is 2.54 bits per heavy atom. The summed E-state index contributed by atoms with van der Waals surface area (Å²) in [4.78, 5) is 3.38. The molecule has 74 heavy (non-hydrogen) atoms. The topological polar surface area (TPSA) is 202 Å². The highest BCUT2D eigenvalue weighted by molar-refractivity contribution is 5.90. The van der Waals surface area contributed by atoms with Gasteiger partial charge in [0.2, 0.25) is 0 Å². The van der Waals surface area contributed by atoms with E-state index in [1.54, 1.807) is 7.11 Å². The number of ether oxygens (including phenoxy) is 4. The van der Waals surface area contributed by atoms with Gasteiger partial charge in [0.1, 0.15) is 29.0 Å². The van der Waals surface area contributed by atoms with E-state index >= 15 is 0 Å². The van der Waals surface area contributed by atoms with Gasteiger partial charge in [0.15, 0.2) is 17.6 Å². The average molecular weight is 1010 g/mol. The van der Waals surface area contributed by atoms with Crippen molar-refractivity contribution in [3.8, 4) is 39.9 Å². The minimum atomic E-state index is -1.07. The predicted molar refractivity (Wildman–Crippen MR) is 290 cm³/mol. The SMILES string of the molecule is CNCC1=Cc2c(O)ccc3c2[C@H](Cc2c4c(c5c(c2-3)O[C@@H](CO)CC5)O[C@H](c2cc(CCCO)c(O)c(OC)c2)[C@](CNCNC[C@@](C)(O)CC(C)C)(OCNC2CCCCC2)C4)[C@H]1c1ccc2[nH]ccc2c1. The molecular formula is C60H79N5O9. The van der Waals surface area contributed by atoms with Gasteiger partial charge >= 0.3 is 0 Å². The third-order valence-corrected chi connectivity index (χ3v) is 16.6. The molecule has 0 spiro atoms. The van der Waals surface area contributed by atoms with Crippen molar-refractivity contribution in [2.45, 2.75) is 139 Å². The summed E-state index contributed by atoms with van der Waals surface area (Å²) in [6.07, 6.45) is 12.5. The normalized spacial score (nSPS) is 23.0. The second kappa shape index (κ2) is 22.2. The number of aromatic nitrogens is 1. The summed E-state index contributed by atoms with van der Waals surface area (Å²) in [5, 5.41) is 71.0. The van der Waals surface area contributed by atoms with Gasteiger partial charge in [0, 0.05) is 85.3 Å². The summed E-state index contributed by atoms with van der Waals surface area (Å²) in [6, 6.07) is 16.9. The van der Waals surface area contributed by atoms with E-state index in [9.17, 15) is 25.5 Å². The summed E-state index contributed by atoms with van der Waals surface area (Å²) in [6.45, 7) is 7.98. The number of likely N-dealkylation sites (N-methyl/N-ethyl adjacent to an activating group) is 1. The Morgan fingerprint density at radius 1 is 0.932 bits per heavy atom. The maximum atomic E-state index is 11.8. The van der Waals surface area contributed by atoms with Crippen LogP contribution in [0, 0.1) is 5.92 Å². The second-order valence-corrected chi connectivity index (χ2v) is 22.5. The molecule has 398 valence electrons. The number of hydrogen-bond acceptors (Lipinski definition) is 13. The fraction of sp³-hybridized carbons (Fsp3) is 0.533. The molecule has 2 aliphatic heterocycles. The van der Waals surface area contributed by atoms with E-state index in [-0.39, 0.29) is 43.3 Å². The maximum absolute atomic E-state index is 11.8. The maximum Gasteiger partial charge on any atom is 0.161 e. The van der Waals surface area contributed by atoms with Crippen LogP contribution in [0.1, 0.15) is 135 Å². The van der Waals surface area contributed by atoms with Crippen LogP contribution in [-0.4, -0.2) is 114 Å². The number of aryl methyl sites for hydroxylation is 1. The van der Waals surface area contributed by atoms with Crippen molar-refractivity contribution in [3.05, 3.63) is 105 Å². The molecule has 3 aliphatic carbocycles. The molecular weight excluding hydrogens is 935 g/mol. The Labute approximate surface area is 436 Å². The lowest BCUT2D eigenvalue weighted by atomic mass is 9.62. The number of rotatable bonds is 21. The monoisotopic (exact) mass is 1010 g/mol. The van der Waals surface area contributed by atoms with Gasteiger partial charge in [-0.1, -0.05) is 45.2 Å². The van der Waals surface area contributed by atoms with Gasteiger partial charge in [-0.2, -0.15) is 0 Å². The summed E-state index contributed by atoms with van der Waals surface area (Å²) < 4.78 is 28.1. The number of aliphatic hydroxyl groups is 3. The van der Waals surface area contributed by atoms with E-state index in [1.807, 2.05) is 38.4 Å². The lowest BCUT2D eigenvalue weighted by molar-refractivity contribution is -0.132. The quantitative estimate of drug-likeness (QED) is 0.0250. The lowest BCUT2D eigenvalue weighted by Gasteiger charge is -2.48. The molecule has 3 heterocycles. The van der Waals surface area contributed by atoms with Crippen LogP contribution in [0.25, 0.3) is 28.1 Å². The van der Waals surface area contributed by atoms with E-state index in [0.29, 0.717) is 100 Å². The third-order valence-electron chi connectivity index (χ3n) is 16.6. The van der Waals surface area contributed by atoms with Crippen molar-refractivity contribution in [1.29, 1.82) is 0 Å². The predicted octanol–water partition coefficient (Wildman–Crippen LogP) is 8.15. The molecule has 5 aromatic rings. The number of fused-ring (bicyclic) bond motifs is 8. The standard InChI is InChI=1S/C60H79N5O9/c1-35(2)27-59(3,70)31-62-33-63-32-60(72-34-65-41-11-7-6-8-12-41)28-48-45-26-47-52(37-13-17-49-36(22-37)19-20-64-49)40(29-61-4)24-46-50(68)18-16-43(53(46)47)54(45)57-44(15-14-42(30-67)73-57)56(48)74-58(60)39-23-38(10-9-21-66)55(69)51(25-39)71-5/h13,16-20,22-25,35,41-42,47,52,58,61-70H,6-12,14-15,21,26-34H2,1-5H3/t42-,47-,52+,58-,59+,60+/m1/s1. The van der Waals surface area contributed by atoms with E-state index < -0.39 is 23.4 Å². The Bertz CT molecular complexity index is 2830. The van der Waals surface area contributed by atoms with E-state index in [1.165, 1.54) is 30.4 Å². The van der Waals surface area contributed by atoms with Crippen molar-refractivity contribution >= 4 is 17.0 Å². The van der Waals surface area contributed by atoms with E-state index in [4.69, 9.17) is 18.9 Å². The lowest BCUT2D eigenvalue weighted by Crippen LogP contribution is -2.56. The summed E-state index contributed by atoms with van der Waals surface area (Å²) in [5.41, 5.74) is 9.89. The smallest absolute Gasteiger partial charge is 0.161 e. The Kier molecular flexibility index (Phi) is 15.7. The molecule has 1 aromatic heterocycles. The fourth-order valence-corrected chi connectivity index (χ4v) is 13.4. The summed E-state index contributed by atoms with van der Waals surface area (Å²) in [5.74, 6) is 2.25. The molecule has 4 aromatic carbocycles. The average Bonchev–Trinajstić information content (AvgIpc) is 3.90. The highest BCUT2D eigenvalue weighted by Gasteiger charge is 2.52. The van der Waals surface area contributed by atoms with Crippen LogP contribution in [0.2, 0.25) is 0 Å². The molecule has 1 fully saturated rings. The molecule has 0 amide bonds. The van der Waals surface area contributed by atoms with Gasteiger partial charge in [-0.25, -0.2) is 0 Å². The largest absolute Gasteiger partial charge is 0.507 e. The highest BCUT2D eigenvalue weighted by atomic mass is 16.6. The molecule has 0 bridgehead atoms. The Hall–Kier alpha value is -5.16. The number of phenols is 2. The van der Waals surface area contributed by atoms with E-state index in [2.05, 4.69) is 76.5 Å². The Morgan fingerprint density at radius 2 is 1.77 bits per heavy atom. The third kappa shape index (κ3) is 10.3. The zero-order chi connectivity index (χ0) is 51.7. The van der Waals surface area contributed by atoms with Gasteiger partial charge in [0.05, 0.1) is 26.0 Å². The van der Waals surface area contributed by atoms with Crippen molar-refractivity contribution in [2.24, 2.45) is 5.92 Å². The van der Waals surface area contributed by atoms with Gasteiger partial charge < -0.3 is 65.4 Å². The number of methoxy groups -OCH3 is 1. The number of nitrogens with one attached hydrogen (secondary N) is 5. The van der Waals surface area contributed by atoms with Crippen LogP contribution < -0.4 is 35.5 Å². The molecule has 6 atom stereocenters. The number of benzene rings is 4. The Balaban J connectivity index is 1.16. The van der Waals surface area contributed by atoms with Gasteiger partial charge in [0.25, 0.3) is 0 Å². The fourth-order valence-electron chi connectivity index (χ4n) is 13.4. The van der Waals surface area contributed by atoms with Crippen LogP contribution in [0.3, 0.4) is 0 Å². The van der Waals surface area contributed by atoms with Crippen LogP contribution in [0.4, 0.5) is 0 Å². The first-order valence-corrected chi connectivity index (χ1v) is 27.3. The molecule has 5 aliphatic rings. The molecule has 10 N–H and O–H groups in total. The number of aliphatic hydroxyl groups excluding tert-OH is 2. The first-order valence-electron chi connectivity index (χ1n) is 27.3. The van der Waals surface area contributed by atoms with Crippen molar-refractivity contribution in [2.75, 3.05) is 60.4 Å². The molecule has 10 rings (SSSR count). The number of hydrogen-bond donors (Lipinski definition) is 10. The molecule has 14 heteroatoms. The zero-order valence-electron chi connectivity index (χ0n) is 44.0. The molecule has 14 nitrogen and oxygen atoms in total. The number of H-pyrrole nitrogens is 1. The van der Waals surface area contributed by atoms with Crippen LogP contribution in [0.15, 0.2) is 60.3 Å². The molecule has 1 saturated carbocycles. The minimum absolute atomic E-state index is 0.0329. The van der Waals surface area contributed by atoms with Gasteiger partial charge in [-0.15, -0.1) is 0 Å². The van der Waals surface area contributed by atoms with Crippen LogP contribution in [0.5, 0.6) is 28.7 Å². The molecule has 0 radical (unpaired) electrons. The van der Waals surface area contributed by atoms with Gasteiger partial charge in [-0.05, 0) is 164 Å². The number of phenolic OH excluding ortho intramolecular Hbond substituents is 2. The van der Waals surface area contributed by atoms with Gasteiger partial charge in [-0.3, -0.25) is 5.32 Å². The first-order chi connectivity index (χ1) is 35.8. The summed E-state index contributed by atoms with van der Waals surface area (Å²) >= 11 is 0. The zero-order valence-corrected chi connectivity index (χ0v) is 44.0. The highest BCUT2D eigenvalue weighted by Crippen LogP contribution is 2.61. The van der Waals surface area contributed by atoms with Crippen molar-refractivity contribution in [1.82, 2.24) is 26.3 Å². The molecule has 0 unspecified atom stereocenters. The van der Waals surface area contributed by atoms with Crippen molar-refractivity contribution in [3.63, 3.8) is 0 Å².